The first-order chi connectivity index (χ1) is 10.1. The van der Waals surface area contributed by atoms with E-state index in [0.29, 0.717) is 15.9 Å². The van der Waals surface area contributed by atoms with Crippen molar-refractivity contribution in [3.63, 3.8) is 0 Å². The van der Waals surface area contributed by atoms with E-state index in [1.165, 1.54) is 6.07 Å². The number of hydrogen-bond donors (Lipinski definition) is 1. The number of aromatic nitrogens is 2. The predicted octanol–water partition coefficient (Wildman–Crippen LogP) is 5.03. The van der Waals surface area contributed by atoms with E-state index in [4.69, 9.17) is 0 Å². The highest BCUT2D eigenvalue weighted by molar-refractivity contribution is 14.1. The molecule has 1 heterocycles. The fourth-order valence-electron chi connectivity index (χ4n) is 1.85. The van der Waals surface area contributed by atoms with Gasteiger partial charge in [0.05, 0.1) is 13.7 Å². The van der Waals surface area contributed by atoms with Gasteiger partial charge in [0.1, 0.15) is 11.6 Å². The van der Waals surface area contributed by atoms with E-state index in [2.05, 4.69) is 67.7 Å². The molecule has 112 valence electrons. The second-order valence-corrected chi connectivity index (χ2v) is 6.50. The first-order valence-electron chi connectivity index (χ1n) is 6.82. The number of hydrogen-bond acceptors (Lipinski definition) is 3. The molecular formula is C15H16BrFIN3. The quantitative estimate of drug-likeness (QED) is 0.631. The molecule has 0 saturated carbocycles. The zero-order valence-electron chi connectivity index (χ0n) is 11.9. The van der Waals surface area contributed by atoms with Crippen LogP contribution in [0.1, 0.15) is 26.0 Å². The van der Waals surface area contributed by atoms with Crippen molar-refractivity contribution >= 4 is 44.3 Å². The molecule has 0 spiro atoms. The maximum atomic E-state index is 13.7. The lowest BCUT2D eigenvalue weighted by atomic mass is 10.2. The Balaban J connectivity index is 2.49. The van der Waals surface area contributed by atoms with Gasteiger partial charge in [0.25, 0.3) is 0 Å². The van der Waals surface area contributed by atoms with Gasteiger partial charge in [-0.2, -0.15) is 0 Å². The van der Waals surface area contributed by atoms with E-state index >= 15 is 0 Å². The monoisotopic (exact) mass is 463 g/mol. The molecule has 1 aromatic carbocycles. The summed E-state index contributed by atoms with van der Waals surface area (Å²) < 4.78 is 15.2. The molecule has 0 bridgehead atoms. The minimum Gasteiger partial charge on any atom is -0.369 e. The lowest BCUT2D eigenvalue weighted by Crippen LogP contribution is -2.09. The van der Waals surface area contributed by atoms with Crippen molar-refractivity contribution in [1.82, 2.24) is 9.97 Å². The van der Waals surface area contributed by atoms with Crippen LogP contribution in [0.15, 0.2) is 22.7 Å². The van der Waals surface area contributed by atoms with Crippen LogP contribution in [0, 0.1) is 9.39 Å². The average molecular weight is 464 g/mol. The van der Waals surface area contributed by atoms with E-state index < -0.39 is 0 Å². The van der Waals surface area contributed by atoms with E-state index in [1.807, 2.05) is 6.07 Å². The van der Waals surface area contributed by atoms with Crippen LogP contribution in [0.2, 0.25) is 0 Å². The third-order valence-electron chi connectivity index (χ3n) is 2.97. The van der Waals surface area contributed by atoms with Gasteiger partial charge >= 0.3 is 0 Å². The first kappa shape index (κ1) is 16.6. The Morgan fingerprint density at radius 3 is 2.67 bits per heavy atom. The molecular weight excluding hydrogens is 448 g/mol. The van der Waals surface area contributed by atoms with Gasteiger partial charge < -0.3 is 5.32 Å². The molecule has 6 heteroatoms. The standard InChI is InChI=1S/C15H16BrFIN3/c1-3-7-19-15-13(18)12(4-2)20-14(21-15)9-5-6-10(16)11(17)8-9/h5-6,8H,3-4,7H2,1-2H3,(H,19,20,21). The van der Waals surface area contributed by atoms with Gasteiger partial charge in [-0.15, -0.1) is 0 Å². The summed E-state index contributed by atoms with van der Waals surface area (Å²) in [6.45, 7) is 5.01. The number of benzene rings is 1. The zero-order valence-corrected chi connectivity index (χ0v) is 15.6. The van der Waals surface area contributed by atoms with E-state index in [9.17, 15) is 4.39 Å². The molecule has 21 heavy (non-hydrogen) atoms. The number of nitrogens with zero attached hydrogens (tertiary/aromatic N) is 2. The van der Waals surface area contributed by atoms with E-state index in [-0.39, 0.29) is 5.82 Å². The summed E-state index contributed by atoms with van der Waals surface area (Å²) in [5.74, 6) is 1.07. The molecule has 0 radical (unpaired) electrons. The Labute approximate surface area is 146 Å². The summed E-state index contributed by atoms with van der Waals surface area (Å²) in [6, 6.07) is 4.95. The summed E-state index contributed by atoms with van der Waals surface area (Å²) in [5, 5.41) is 3.31. The van der Waals surface area contributed by atoms with Gasteiger partial charge in [-0.05, 0) is 69.6 Å². The summed E-state index contributed by atoms with van der Waals surface area (Å²) >= 11 is 5.42. The summed E-state index contributed by atoms with van der Waals surface area (Å²) in [5.41, 5.74) is 1.66. The highest BCUT2D eigenvalue weighted by atomic mass is 127. The van der Waals surface area contributed by atoms with Crippen LogP contribution in [0.25, 0.3) is 11.4 Å². The summed E-state index contributed by atoms with van der Waals surface area (Å²) in [7, 11) is 0. The van der Waals surface area contributed by atoms with Crippen LogP contribution in [0.3, 0.4) is 0 Å². The van der Waals surface area contributed by atoms with Gasteiger partial charge in [-0.1, -0.05) is 13.8 Å². The Hall–Kier alpha value is -0.760. The molecule has 0 unspecified atom stereocenters. The molecule has 1 N–H and O–H groups in total. The van der Waals surface area contributed by atoms with E-state index in [1.54, 1.807) is 6.07 Å². The molecule has 0 aliphatic rings. The molecule has 0 aliphatic heterocycles. The maximum Gasteiger partial charge on any atom is 0.161 e. The van der Waals surface area contributed by atoms with Gasteiger partial charge in [0.2, 0.25) is 0 Å². The average Bonchev–Trinajstić information content (AvgIpc) is 2.49. The first-order valence-corrected chi connectivity index (χ1v) is 8.69. The molecule has 0 atom stereocenters. The highest BCUT2D eigenvalue weighted by Crippen LogP contribution is 2.26. The van der Waals surface area contributed by atoms with Crippen molar-refractivity contribution in [2.75, 3.05) is 11.9 Å². The van der Waals surface area contributed by atoms with Crippen LogP contribution in [-0.2, 0) is 6.42 Å². The smallest absolute Gasteiger partial charge is 0.161 e. The van der Waals surface area contributed by atoms with E-state index in [0.717, 1.165) is 34.5 Å². The zero-order chi connectivity index (χ0) is 15.4. The highest BCUT2D eigenvalue weighted by Gasteiger charge is 2.13. The fourth-order valence-corrected chi connectivity index (χ4v) is 2.91. The number of nitrogens with one attached hydrogen (secondary N) is 1. The van der Waals surface area contributed by atoms with Crippen LogP contribution in [-0.4, -0.2) is 16.5 Å². The van der Waals surface area contributed by atoms with Crippen molar-refractivity contribution in [3.05, 3.63) is 37.8 Å². The van der Waals surface area contributed by atoms with Crippen molar-refractivity contribution in [1.29, 1.82) is 0 Å². The second-order valence-electron chi connectivity index (χ2n) is 4.57. The van der Waals surface area contributed by atoms with Crippen molar-refractivity contribution in [2.24, 2.45) is 0 Å². The second kappa shape index (κ2) is 7.49. The third kappa shape index (κ3) is 3.91. The van der Waals surface area contributed by atoms with Crippen molar-refractivity contribution in [2.45, 2.75) is 26.7 Å². The number of rotatable bonds is 5. The van der Waals surface area contributed by atoms with Gasteiger partial charge in [-0.25, -0.2) is 14.4 Å². The molecule has 0 saturated heterocycles. The minimum atomic E-state index is -0.309. The lowest BCUT2D eigenvalue weighted by Gasteiger charge is -2.12. The maximum absolute atomic E-state index is 13.7. The van der Waals surface area contributed by atoms with Crippen LogP contribution in [0.5, 0.6) is 0 Å². The topological polar surface area (TPSA) is 37.8 Å². The van der Waals surface area contributed by atoms with Crippen LogP contribution < -0.4 is 5.32 Å². The van der Waals surface area contributed by atoms with Gasteiger partial charge in [0.15, 0.2) is 5.82 Å². The fraction of sp³-hybridized carbons (Fsp3) is 0.333. The Bertz CT molecular complexity index is 649. The van der Waals surface area contributed by atoms with Crippen molar-refractivity contribution < 1.29 is 4.39 Å². The SMILES string of the molecule is CCCNc1nc(-c2ccc(Br)c(F)c2)nc(CC)c1I. The third-order valence-corrected chi connectivity index (χ3v) is 4.75. The molecule has 3 nitrogen and oxygen atoms in total. The minimum absolute atomic E-state index is 0.309. The normalized spacial score (nSPS) is 10.7. The molecule has 1 aromatic heterocycles. The number of aryl methyl sites for hydroxylation is 1. The Morgan fingerprint density at radius 1 is 1.29 bits per heavy atom. The lowest BCUT2D eigenvalue weighted by molar-refractivity contribution is 0.621. The van der Waals surface area contributed by atoms with Gasteiger partial charge in [-0.3, -0.25) is 0 Å². The van der Waals surface area contributed by atoms with Crippen molar-refractivity contribution in [3.8, 4) is 11.4 Å². The summed E-state index contributed by atoms with van der Waals surface area (Å²) in [4.78, 5) is 9.11. The number of halogens is 3. The molecule has 0 fully saturated rings. The Kier molecular flexibility index (Phi) is 5.92. The Morgan fingerprint density at radius 2 is 2.05 bits per heavy atom. The molecule has 2 aromatic rings. The van der Waals surface area contributed by atoms with Gasteiger partial charge in [0, 0.05) is 12.1 Å². The predicted molar refractivity (Wildman–Crippen MR) is 96.0 cm³/mol. The van der Waals surface area contributed by atoms with Crippen LogP contribution in [0.4, 0.5) is 10.2 Å². The molecule has 2 rings (SSSR count). The number of anilines is 1. The molecule has 0 aliphatic carbocycles. The summed E-state index contributed by atoms with van der Waals surface area (Å²) in [6.07, 6.45) is 1.83. The van der Waals surface area contributed by atoms with Crippen LogP contribution >= 0.6 is 38.5 Å². The molecule has 0 amide bonds. The largest absolute Gasteiger partial charge is 0.369 e.